The van der Waals surface area contributed by atoms with E-state index in [1.165, 1.54) is 0 Å². The van der Waals surface area contributed by atoms with Gasteiger partial charge in [0.25, 0.3) is 0 Å². The number of hydrogen-bond acceptors (Lipinski definition) is 4. The molecular weight excluding hydrogens is 141 g/mol. The number of hydrogen-bond donors (Lipinski definition) is 0. The maximum atomic E-state index is 10.3. The van der Waals surface area contributed by atoms with Crippen LogP contribution in [0.15, 0.2) is 12.5 Å². The van der Waals surface area contributed by atoms with Crippen molar-refractivity contribution >= 4 is 0 Å². The van der Waals surface area contributed by atoms with E-state index in [9.17, 15) is 5.11 Å². The summed E-state index contributed by atoms with van der Waals surface area (Å²) >= 11 is 0. The van der Waals surface area contributed by atoms with Crippen LogP contribution in [0.5, 0.6) is 0 Å². The molecule has 11 heavy (non-hydrogen) atoms. The van der Waals surface area contributed by atoms with Crippen LogP contribution in [0.2, 0.25) is 0 Å². The van der Waals surface area contributed by atoms with Crippen molar-refractivity contribution in [3.05, 3.63) is 12.5 Å². The molecular formula is C6H10LiNO3. The predicted molar refractivity (Wildman–Crippen MR) is 32.6 cm³/mol. The molecule has 1 saturated heterocycles. The zero-order chi connectivity index (χ0) is 7.40. The van der Waals surface area contributed by atoms with Crippen molar-refractivity contribution in [2.45, 2.75) is 0 Å². The molecule has 0 aromatic heterocycles. The molecule has 1 aliphatic rings. The first-order valence-electron chi connectivity index (χ1n) is 3.15. The van der Waals surface area contributed by atoms with Gasteiger partial charge in [-0.1, -0.05) is 6.58 Å². The normalized spacial score (nSPS) is 18.5. The van der Waals surface area contributed by atoms with E-state index in [0.29, 0.717) is 26.3 Å². The Hall–Kier alpha value is -0.143. The van der Waals surface area contributed by atoms with E-state index >= 15 is 0 Å². The molecule has 0 atom stereocenters. The van der Waals surface area contributed by atoms with Crippen molar-refractivity contribution < 1.29 is 33.5 Å². The van der Waals surface area contributed by atoms with Crippen LogP contribution in [0, 0.1) is 0 Å². The number of morpholine rings is 1. The van der Waals surface area contributed by atoms with Gasteiger partial charge in [0.05, 0.1) is 19.2 Å². The molecule has 1 rings (SSSR count). The van der Waals surface area contributed by atoms with E-state index < -0.39 is 5.95 Å². The number of nitrogens with zero attached hydrogens (tertiary/aromatic N) is 1. The molecule has 0 spiro atoms. The molecule has 4 nitrogen and oxygen atoms in total. The van der Waals surface area contributed by atoms with Crippen LogP contribution < -0.4 is 24.0 Å². The van der Waals surface area contributed by atoms with Crippen molar-refractivity contribution in [2.75, 3.05) is 26.3 Å². The molecule has 0 amide bonds. The van der Waals surface area contributed by atoms with Crippen LogP contribution in [0.3, 0.4) is 0 Å². The van der Waals surface area contributed by atoms with Crippen LogP contribution in [-0.4, -0.2) is 31.4 Å². The number of hydroxylamine groups is 2. The van der Waals surface area contributed by atoms with E-state index in [0.717, 1.165) is 0 Å². The summed E-state index contributed by atoms with van der Waals surface area (Å²) in [5, 5.41) is 11.9. The molecule has 0 unspecified atom stereocenters. The number of rotatable bonds is 2. The SMILES string of the molecule is C=C([O-])ON1CCOCC1.[Li+]. The summed E-state index contributed by atoms with van der Waals surface area (Å²) in [5.41, 5.74) is 0. The van der Waals surface area contributed by atoms with Crippen molar-refractivity contribution in [1.29, 1.82) is 0 Å². The summed E-state index contributed by atoms with van der Waals surface area (Å²) in [7, 11) is 0. The Labute approximate surface area is 77.9 Å². The molecule has 58 valence electrons. The molecule has 0 radical (unpaired) electrons. The van der Waals surface area contributed by atoms with E-state index in [-0.39, 0.29) is 18.9 Å². The molecule has 0 bridgehead atoms. The van der Waals surface area contributed by atoms with Gasteiger partial charge in [0, 0.05) is 13.1 Å². The Morgan fingerprint density at radius 2 is 2.00 bits per heavy atom. The van der Waals surface area contributed by atoms with Gasteiger partial charge in [-0.3, -0.25) is 0 Å². The third-order valence-electron chi connectivity index (χ3n) is 1.20. The zero-order valence-electron chi connectivity index (χ0n) is 6.71. The van der Waals surface area contributed by atoms with E-state index in [1.54, 1.807) is 5.06 Å². The molecule has 1 aliphatic heterocycles. The quantitative estimate of drug-likeness (QED) is 0.299. The van der Waals surface area contributed by atoms with Crippen LogP contribution in [0.1, 0.15) is 0 Å². The van der Waals surface area contributed by atoms with Gasteiger partial charge < -0.3 is 14.7 Å². The zero-order valence-corrected chi connectivity index (χ0v) is 6.71. The van der Waals surface area contributed by atoms with Crippen molar-refractivity contribution in [3.63, 3.8) is 0 Å². The Morgan fingerprint density at radius 3 is 2.45 bits per heavy atom. The molecule has 0 saturated carbocycles. The first kappa shape index (κ1) is 10.9. The van der Waals surface area contributed by atoms with Crippen molar-refractivity contribution in [2.24, 2.45) is 0 Å². The predicted octanol–water partition coefficient (Wildman–Crippen LogP) is -3.91. The smallest absolute Gasteiger partial charge is 0.546 e. The average molecular weight is 151 g/mol. The van der Waals surface area contributed by atoms with E-state index in [2.05, 4.69) is 6.58 Å². The largest absolute Gasteiger partial charge is 1.00 e. The average Bonchev–Trinajstić information content (AvgIpc) is 1.88. The van der Waals surface area contributed by atoms with Gasteiger partial charge in [-0.15, -0.1) is 0 Å². The minimum absolute atomic E-state index is 0. The minimum atomic E-state index is -0.512. The van der Waals surface area contributed by atoms with Crippen LogP contribution in [-0.2, 0) is 9.57 Å². The van der Waals surface area contributed by atoms with Gasteiger partial charge in [0.2, 0.25) is 0 Å². The summed E-state index contributed by atoms with van der Waals surface area (Å²) < 4.78 is 5.03. The number of ether oxygens (including phenoxy) is 1. The van der Waals surface area contributed by atoms with Gasteiger partial charge in [-0.05, 0) is 0 Å². The summed E-state index contributed by atoms with van der Waals surface area (Å²) in [5.74, 6) is -0.512. The first-order chi connectivity index (χ1) is 4.79. The van der Waals surface area contributed by atoms with E-state index in [4.69, 9.17) is 9.57 Å². The molecule has 1 fully saturated rings. The fourth-order valence-corrected chi connectivity index (χ4v) is 0.782. The first-order valence-corrected chi connectivity index (χ1v) is 3.15. The van der Waals surface area contributed by atoms with Gasteiger partial charge in [-0.25, -0.2) is 5.06 Å². The Morgan fingerprint density at radius 1 is 1.45 bits per heavy atom. The summed E-state index contributed by atoms with van der Waals surface area (Å²) in [6.07, 6.45) is 0. The van der Waals surface area contributed by atoms with Gasteiger partial charge >= 0.3 is 18.9 Å². The standard InChI is InChI=1S/C6H11NO3.Li/c1-6(8)10-7-2-4-9-5-3-7;/h8H,1-5H2;/q;+1/p-1. The van der Waals surface area contributed by atoms with Crippen molar-refractivity contribution in [3.8, 4) is 0 Å². The Kier molecular flexibility index (Phi) is 5.43. The third-order valence-corrected chi connectivity index (χ3v) is 1.20. The van der Waals surface area contributed by atoms with Crippen LogP contribution in [0.25, 0.3) is 0 Å². The Bertz CT molecular complexity index is 125. The maximum absolute atomic E-state index is 10.3. The summed E-state index contributed by atoms with van der Waals surface area (Å²) in [4.78, 5) is 4.69. The molecule has 5 heteroatoms. The molecule has 0 aromatic rings. The van der Waals surface area contributed by atoms with Gasteiger partial charge in [0.15, 0.2) is 0 Å². The Balaban J connectivity index is 0.000001000. The van der Waals surface area contributed by atoms with Crippen LogP contribution in [0.4, 0.5) is 0 Å². The monoisotopic (exact) mass is 151 g/mol. The minimum Gasteiger partial charge on any atom is -0.546 e. The molecule has 0 aliphatic carbocycles. The van der Waals surface area contributed by atoms with Gasteiger partial charge in [0.1, 0.15) is 0 Å². The molecule has 1 heterocycles. The molecule has 0 N–H and O–H groups in total. The second-order valence-corrected chi connectivity index (χ2v) is 2.00. The third kappa shape index (κ3) is 4.33. The van der Waals surface area contributed by atoms with Crippen LogP contribution >= 0.6 is 0 Å². The second-order valence-electron chi connectivity index (χ2n) is 2.00. The summed E-state index contributed by atoms with van der Waals surface area (Å²) in [6.45, 7) is 5.61. The topological polar surface area (TPSA) is 44.8 Å². The fourth-order valence-electron chi connectivity index (χ4n) is 0.782. The van der Waals surface area contributed by atoms with Gasteiger partial charge in [-0.2, -0.15) is 0 Å². The fraction of sp³-hybridized carbons (Fsp3) is 0.667. The molecule has 0 aromatic carbocycles. The maximum Gasteiger partial charge on any atom is 1.00 e. The van der Waals surface area contributed by atoms with Crippen molar-refractivity contribution in [1.82, 2.24) is 5.06 Å². The summed E-state index contributed by atoms with van der Waals surface area (Å²) in [6, 6.07) is 0. The second kappa shape index (κ2) is 5.50. The van der Waals surface area contributed by atoms with E-state index in [1.807, 2.05) is 0 Å².